The number of amides is 3. The van der Waals surface area contributed by atoms with Crippen molar-refractivity contribution in [2.75, 3.05) is 20.2 Å². The lowest BCUT2D eigenvalue weighted by Crippen LogP contribution is -2.41. The van der Waals surface area contributed by atoms with E-state index in [1.54, 1.807) is 59.9 Å². The SMILES string of the molecule is COc1ccc(C(=O)CCC(=O)N2CCC(c3nc(C(=O)NNC(=O)c4cccc(Cl)c4)cs3)CC2)cc1. The van der Waals surface area contributed by atoms with Crippen LogP contribution in [-0.2, 0) is 4.79 Å². The van der Waals surface area contributed by atoms with Crippen LogP contribution in [0.4, 0.5) is 0 Å². The van der Waals surface area contributed by atoms with Crippen molar-refractivity contribution in [3.8, 4) is 5.75 Å². The first-order valence-electron chi connectivity index (χ1n) is 12.1. The highest BCUT2D eigenvalue weighted by molar-refractivity contribution is 7.09. The lowest BCUT2D eigenvalue weighted by atomic mass is 9.97. The summed E-state index contributed by atoms with van der Waals surface area (Å²) in [5.74, 6) is -0.314. The first-order chi connectivity index (χ1) is 18.3. The van der Waals surface area contributed by atoms with Gasteiger partial charge in [0.25, 0.3) is 11.8 Å². The molecule has 9 nitrogen and oxygen atoms in total. The van der Waals surface area contributed by atoms with Gasteiger partial charge in [0.05, 0.1) is 12.1 Å². The predicted octanol–water partition coefficient (Wildman–Crippen LogP) is 4.25. The summed E-state index contributed by atoms with van der Waals surface area (Å²) < 4.78 is 5.10. The Bertz CT molecular complexity index is 1320. The summed E-state index contributed by atoms with van der Waals surface area (Å²) in [6.45, 7) is 1.13. The van der Waals surface area contributed by atoms with E-state index in [1.165, 1.54) is 17.4 Å². The molecule has 0 radical (unpaired) electrons. The van der Waals surface area contributed by atoms with Crippen LogP contribution in [0.25, 0.3) is 0 Å². The van der Waals surface area contributed by atoms with Gasteiger partial charge in [-0.3, -0.25) is 30.0 Å². The molecule has 198 valence electrons. The normalized spacial score (nSPS) is 13.6. The van der Waals surface area contributed by atoms with Crippen molar-refractivity contribution in [1.82, 2.24) is 20.7 Å². The smallest absolute Gasteiger partial charge is 0.289 e. The molecule has 0 unspecified atom stereocenters. The first kappa shape index (κ1) is 27.3. The third-order valence-corrected chi connectivity index (χ3v) is 7.55. The summed E-state index contributed by atoms with van der Waals surface area (Å²) >= 11 is 7.28. The molecule has 3 aromatic rings. The molecule has 2 N–H and O–H groups in total. The fourth-order valence-electron chi connectivity index (χ4n) is 4.13. The third kappa shape index (κ3) is 6.96. The van der Waals surface area contributed by atoms with Gasteiger partial charge in [0, 0.05) is 53.4 Å². The van der Waals surface area contributed by atoms with E-state index in [-0.39, 0.29) is 36.1 Å². The van der Waals surface area contributed by atoms with Gasteiger partial charge in [0.15, 0.2) is 5.78 Å². The number of aromatic nitrogens is 1. The summed E-state index contributed by atoms with van der Waals surface area (Å²) in [5.41, 5.74) is 5.83. The van der Waals surface area contributed by atoms with Crippen LogP contribution in [0.5, 0.6) is 5.75 Å². The second-order valence-corrected chi connectivity index (χ2v) is 10.1. The van der Waals surface area contributed by atoms with Crippen molar-refractivity contribution in [3.63, 3.8) is 0 Å². The van der Waals surface area contributed by atoms with E-state index in [0.29, 0.717) is 35.0 Å². The van der Waals surface area contributed by atoms with Gasteiger partial charge in [-0.15, -0.1) is 11.3 Å². The lowest BCUT2D eigenvalue weighted by Gasteiger charge is -2.31. The maximum atomic E-state index is 12.7. The van der Waals surface area contributed by atoms with Crippen molar-refractivity contribution >= 4 is 46.4 Å². The van der Waals surface area contributed by atoms with Crippen molar-refractivity contribution in [1.29, 1.82) is 0 Å². The number of benzene rings is 2. The largest absolute Gasteiger partial charge is 0.497 e. The van der Waals surface area contributed by atoms with Crippen molar-refractivity contribution in [2.45, 2.75) is 31.6 Å². The zero-order chi connectivity index (χ0) is 27.1. The minimum Gasteiger partial charge on any atom is -0.497 e. The summed E-state index contributed by atoms with van der Waals surface area (Å²) in [7, 11) is 1.56. The molecule has 0 bridgehead atoms. The monoisotopic (exact) mass is 554 g/mol. The van der Waals surface area contributed by atoms with E-state index < -0.39 is 11.8 Å². The Morgan fingerprint density at radius 1 is 1.00 bits per heavy atom. The number of hydrogen-bond acceptors (Lipinski definition) is 7. The van der Waals surface area contributed by atoms with Crippen molar-refractivity contribution < 1.29 is 23.9 Å². The predicted molar refractivity (Wildman–Crippen MR) is 144 cm³/mol. The number of halogens is 1. The number of carbonyl (C=O) groups excluding carboxylic acids is 4. The van der Waals surface area contributed by atoms with Crippen molar-refractivity contribution in [2.24, 2.45) is 0 Å². The van der Waals surface area contributed by atoms with Crippen LogP contribution in [0, 0.1) is 0 Å². The molecule has 2 heterocycles. The van der Waals surface area contributed by atoms with Crippen LogP contribution in [0.2, 0.25) is 5.02 Å². The van der Waals surface area contributed by atoms with E-state index in [2.05, 4.69) is 15.8 Å². The number of hydrazine groups is 1. The second kappa shape index (κ2) is 12.7. The second-order valence-electron chi connectivity index (χ2n) is 8.80. The zero-order valence-corrected chi connectivity index (χ0v) is 22.3. The zero-order valence-electron chi connectivity index (χ0n) is 20.7. The van der Waals surface area contributed by atoms with Crippen molar-refractivity contribution in [3.05, 3.63) is 80.8 Å². The third-order valence-electron chi connectivity index (χ3n) is 6.31. The van der Waals surface area contributed by atoms with Crippen LogP contribution < -0.4 is 15.6 Å². The highest BCUT2D eigenvalue weighted by Crippen LogP contribution is 2.30. The molecule has 1 saturated heterocycles. The Balaban J connectivity index is 1.21. The van der Waals surface area contributed by atoms with Gasteiger partial charge in [-0.2, -0.15) is 0 Å². The fraction of sp³-hybridized carbons (Fsp3) is 0.296. The molecule has 1 aliphatic heterocycles. The van der Waals surface area contributed by atoms with Gasteiger partial charge in [-0.25, -0.2) is 4.98 Å². The number of ketones is 1. The number of hydrogen-bond donors (Lipinski definition) is 2. The number of carbonyl (C=O) groups is 4. The molecule has 0 aliphatic carbocycles. The van der Waals surface area contributed by atoms with Gasteiger partial charge in [-0.05, 0) is 55.3 Å². The average molecular weight is 555 g/mol. The van der Waals surface area contributed by atoms with Crippen LogP contribution in [-0.4, -0.2) is 53.6 Å². The topological polar surface area (TPSA) is 118 Å². The minimum absolute atomic E-state index is 0.0417. The van der Waals surface area contributed by atoms with Gasteiger partial charge >= 0.3 is 0 Å². The number of nitrogens with zero attached hydrogens (tertiary/aromatic N) is 2. The molecule has 1 aromatic heterocycles. The van der Waals surface area contributed by atoms with Crippen LogP contribution >= 0.6 is 22.9 Å². The number of likely N-dealkylation sites (tertiary alicyclic amines) is 1. The molecule has 38 heavy (non-hydrogen) atoms. The molecule has 0 atom stereocenters. The number of thiazole rings is 1. The maximum absolute atomic E-state index is 12.7. The number of methoxy groups -OCH3 is 1. The van der Waals surface area contributed by atoms with Crippen LogP contribution in [0.15, 0.2) is 53.9 Å². The van der Waals surface area contributed by atoms with E-state index in [0.717, 1.165) is 17.8 Å². The summed E-state index contributed by atoms with van der Waals surface area (Å²) in [6, 6.07) is 13.2. The van der Waals surface area contributed by atoms with E-state index in [1.807, 2.05) is 0 Å². The number of rotatable bonds is 8. The molecule has 0 saturated carbocycles. The van der Waals surface area contributed by atoms with Crippen LogP contribution in [0.3, 0.4) is 0 Å². The Hall–Kier alpha value is -3.76. The molecule has 1 fully saturated rings. The first-order valence-corrected chi connectivity index (χ1v) is 13.4. The number of nitrogens with one attached hydrogen (secondary N) is 2. The summed E-state index contributed by atoms with van der Waals surface area (Å²) in [4.78, 5) is 56.0. The van der Waals surface area contributed by atoms with E-state index in [4.69, 9.17) is 16.3 Å². The van der Waals surface area contributed by atoms with Gasteiger partial charge in [0.2, 0.25) is 5.91 Å². The Morgan fingerprint density at radius 3 is 2.39 bits per heavy atom. The molecular weight excluding hydrogens is 528 g/mol. The van der Waals surface area contributed by atoms with Crippen LogP contribution in [0.1, 0.15) is 67.8 Å². The van der Waals surface area contributed by atoms with Gasteiger partial charge < -0.3 is 9.64 Å². The van der Waals surface area contributed by atoms with E-state index in [9.17, 15) is 19.2 Å². The quantitative estimate of drug-likeness (QED) is 0.317. The molecular formula is C27H27ClN4O5S. The Morgan fingerprint density at radius 2 is 1.71 bits per heavy atom. The van der Waals surface area contributed by atoms with Gasteiger partial charge in [-0.1, -0.05) is 17.7 Å². The summed E-state index contributed by atoms with van der Waals surface area (Å²) in [6.07, 6.45) is 1.76. The van der Waals surface area contributed by atoms with Gasteiger partial charge in [0.1, 0.15) is 11.4 Å². The maximum Gasteiger partial charge on any atom is 0.289 e. The number of piperidine rings is 1. The Labute approximate surface area is 229 Å². The Kier molecular flexibility index (Phi) is 9.09. The molecule has 1 aliphatic rings. The standard InChI is InChI=1S/C27H27ClN4O5S/c1-37-21-7-5-17(6-8-21)23(33)9-10-24(34)32-13-11-18(12-14-32)27-29-22(16-38-27)26(36)31-30-25(35)19-3-2-4-20(28)15-19/h2-8,15-16,18H,9-14H2,1H3,(H,30,35)(H,31,36). The number of ether oxygens (including phenoxy) is 1. The van der Waals surface area contributed by atoms with E-state index >= 15 is 0 Å². The highest BCUT2D eigenvalue weighted by Gasteiger charge is 2.26. The highest BCUT2D eigenvalue weighted by atomic mass is 35.5. The minimum atomic E-state index is -0.517. The molecule has 11 heteroatoms. The fourth-order valence-corrected chi connectivity index (χ4v) is 5.30. The average Bonchev–Trinajstić information content (AvgIpc) is 3.45. The number of Topliss-reactive ketones (excluding diaryl/α,β-unsaturated/α-hetero) is 1. The molecule has 2 aromatic carbocycles. The summed E-state index contributed by atoms with van der Waals surface area (Å²) in [5, 5.41) is 2.89. The molecule has 4 rings (SSSR count). The molecule has 3 amide bonds. The lowest BCUT2D eigenvalue weighted by molar-refractivity contribution is -0.132. The molecule has 0 spiro atoms.